The van der Waals surface area contributed by atoms with Crippen LogP contribution in [0.5, 0.6) is 0 Å². The van der Waals surface area contributed by atoms with Crippen LogP contribution in [0.1, 0.15) is 42.3 Å². The highest BCUT2D eigenvalue weighted by atomic mass is 16.5. The Kier molecular flexibility index (Phi) is 7.29. The number of aliphatic hydroxyl groups is 1. The second kappa shape index (κ2) is 9.95. The summed E-state index contributed by atoms with van der Waals surface area (Å²) in [5, 5.41) is 21.3. The van der Waals surface area contributed by atoms with Gasteiger partial charge in [0.1, 0.15) is 17.0 Å². The number of hydrogen-bond acceptors (Lipinski definition) is 6. The van der Waals surface area contributed by atoms with Gasteiger partial charge in [-0.3, -0.25) is 14.4 Å². The molecule has 2 amide bonds. The van der Waals surface area contributed by atoms with Crippen LogP contribution in [0.2, 0.25) is 0 Å². The summed E-state index contributed by atoms with van der Waals surface area (Å²) < 4.78 is 5.40. The molecule has 0 saturated carbocycles. The third-order valence-corrected chi connectivity index (χ3v) is 6.57. The Morgan fingerprint density at radius 3 is 2.56 bits per heavy atom. The van der Waals surface area contributed by atoms with Crippen LogP contribution in [0, 0.1) is 12.3 Å². The number of rotatable bonds is 3. The number of piperidine rings is 2. The Balaban J connectivity index is 0.000000913. The van der Waals surface area contributed by atoms with Gasteiger partial charge in [-0.05, 0) is 26.2 Å². The summed E-state index contributed by atoms with van der Waals surface area (Å²) in [4.78, 5) is 37.7. The van der Waals surface area contributed by atoms with Crippen LogP contribution in [0.4, 0.5) is 0 Å². The van der Waals surface area contributed by atoms with Gasteiger partial charge in [0.25, 0.3) is 12.4 Å². The number of amides is 2. The topological polar surface area (TPSA) is 124 Å². The number of hydrogen-bond donors (Lipinski definition) is 2. The van der Waals surface area contributed by atoms with Crippen molar-refractivity contribution in [3.63, 3.8) is 0 Å². The summed E-state index contributed by atoms with van der Waals surface area (Å²) in [5.74, 6) is 0.337. The minimum absolute atomic E-state index is 0.000597. The summed E-state index contributed by atoms with van der Waals surface area (Å²) in [6, 6.07) is 9.30. The largest absolute Gasteiger partial charge is 0.483 e. The highest BCUT2D eigenvalue weighted by Gasteiger charge is 2.50. The van der Waals surface area contributed by atoms with Gasteiger partial charge in [0.15, 0.2) is 0 Å². The van der Waals surface area contributed by atoms with Crippen molar-refractivity contribution >= 4 is 18.3 Å². The maximum absolute atomic E-state index is 13.7. The normalized spacial score (nSPS) is 22.4. The first kappa shape index (κ1) is 23.5. The molecule has 0 radical (unpaired) electrons. The molecule has 1 aromatic heterocycles. The van der Waals surface area contributed by atoms with Crippen molar-refractivity contribution in [1.82, 2.24) is 15.0 Å². The van der Waals surface area contributed by atoms with Crippen molar-refractivity contribution in [1.29, 1.82) is 0 Å². The molecule has 2 aliphatic rings. The van der Waals surface area contributed by atoms with E-state index in [1.54, 1.807) is 18.7 Å². The molecule has 2 atom stereocenters. The van der Waals surface area contributed by atoms with E-state index < -0.39 is 0 Å². The summed E-state index contributed by atoms with van der Waals surface area (Å²) in [6.45, 7) is 4.73. The van der Waals surface area contributed by atoms with E-state index in [0.717, 1.165) is 18.4 Å². The van der Waals surface area contributed by atoms with E-state index >= 15 is 0 Å². The lowest BCUT2D eigenvalue weighted by atomic mass is 9.68. The summed E-state index contributed by atoms with van der Waals surface area (Å²) in [5.41, 5.74) is 1.46. The van der Waals surface area contributed by atoms with Crippen molar-refractivity contribution in [2.45, 2.75) is 39.2 Å². The van der Waals surface area contributed by atoms with E-state index in [1.807, 2.05) is 35.2 Å². The van der Waals surface area contributed by atoms with E-state index in [9.17, 15) is 14.7 Å². The van der Waals surface area contributed by atoms with Crippen LogP contribution in [-0.4, -0.2) is 75.7 Å². The molecule has 2 fully saturated rings. The third-order valence-electron chi connectivity index (χ3n) is 6.57. The fourth-order valence-electron chi connectivity index (χ4n) is 4.85. The predicted octanol–water partition coefficient (Wildman–Crippen LogP) is 2.19. The molecule has 0 spiro atoms. The minimum Gasteiger partial charge on any atom is -0.483 e. The number of aromatic nitrogens is 1. The van der Waals surface area contributed by atoms with Gasteiger partial charge in [0.2, 0.25) is 5.91 Å². The molecule has 2 aliphatic heterocycles. The molecule has 9 nitrogen and oxygen atoms in total. The van der Waals surface area contributed by atoms with Crippen LogP contribution < -0.4 is 0 Å². The maximum atomic E-state index is 13.7. The average molecular weight is 444 g/mol. The van der Waals surface area contributed by atoms with Gasteiger partial charge in [-0.1, -0.05) is 35.5 Å². The number of aryl methyl sites for hydroxylation is 1. The maximum Gasteiger partial charge on any atom is 0.290 e. The van der Waals surface area contributed by atoms with Crippen molar-refractivity contribution < 1.29 is 29.1 Å². The number of benzene rings is 1. The summed E-state index contributed by atoms with van der Waals surface area (Å²) in [7, 11) is 0. The van der Waals surface area contributed by atoms with Crippen molar-refractivity contribution in [3.05, 3.63) is 41.7 Å². The van der Waals surface area contributed by atoms with Gasteiger partial charge < -0.3 is 24.5 Å². The lowest BCUT2D eigenvalue weighted by Gasteiger charge is -2.54. The standard InChI is InChI=1S/C22H27N3O4.CH2O2/c1-15-19(20(23-29-15)17-7-4-3-5-8-17)21(28)25-11-6-9-22(14-26)10-12-24(16(2)27)13-18(22)25;2-1-3/h3-5,7-8,18,26H,6,9-14H2,1-2H3;1H,(H,2,3)/t18-,22-;/m0./s1. The molecule has 3 heterocycles. The number of likely N-dealkylation sites (tertiary alicyclic amines) is 2. The molecule has 4 rings (SSSR count). The first-order valence-electron chi connectivity index (χ1n) is 10.7. The molecule has 172 valence electrons. The van der Waals surface area contributed by atoms with E-state index in [4.69, 9.17) is 14.4 Å². The zero-order chi connectivity index (χ0) is 23.3. The number of fused-ring (bicyclic) bond motifs is 1. The van der Waals surface area contributed by atoms with E-state index in [0.29, 0.717) is 43.1 Å². The van der Waals surface area contributed by atoms with Crippen molar-refractivity contribution in [3.8, 4) is 11.3 Å². The Morgan fingerprint density at radius 2 is 1.94 bits per heavy atom. The molecule has 2 saturated heterocycles. The molecular weight excluding hydrogens is 414 g/mol. The van der Waals surface area contributed by atoms with E-state index in [-0.39, 0.29) is 36.4 Å². The molecule has 0 bridgehead atoms. The van der Waals surface area contributed by atoms with Crippen LogP contribution in [0.3, 0.4) is 0 Å². The predicted molar refractivity (Wildman–Crippen MR) is 116 cm³/mol. The van der Waals surface area contributed by atoms with Gasteiger partial charge in [-0.15, -0.1) is 0 Å². The monoisotopic (exact) mass is 443 g/mol. The molecular formula is C23H29N3O6. The number of carbonyl (C=O) groups excluding carboxylic acids is 2. The SMILES string of the molecule is CC(=O)N1CC[C@]2(CO)CCCN(C(=O)c3c(-c4ccccc4)noc3C)[C@H]2C1.O=CO. The van der Waals surface area contributed by atoms with Crippen LogP contribution >= 0.6 is 0 Å². The van der Waals surface area contributed by atoms with Crippen molar-refractivity contribution in [2.75, 3.05) is 26.2 Å². The smallest absolute Gasteiger partial charge is 0.290 e. The zero-order valence-corrected chi connectivity index (χ0v) is 18.4. The Bertz CT molecular complexity index is 960. The molecule has 32 heavy (non-hydrogen) atoms. The second-order valence-electron chi connectivity index (χ2n) is 8.29. The third kappa shape index (κ3) is 4.38. The molecule has 2 N–H and O–H groups in total. The molecule has 1 aromatic carbocycles. The average Bonchev–Trinajstić information content (AvgIpc) is 3.20. The fraction of sp³-hybridized carbons (Fsp3) is 0.478. The minimum atomic E-state index is -0.363. The quantitative estimate of drug-likeness (QED) is 0.697. The van der Waals surface area contributed by atoms with Gasteiger partial charge in [-0.2, -0.15) is 0 Å². The van der Waals surface area contributed by atoms with Crippen LogP contribution in [0.15, 0.2) is 34.9 Å². The number of carbonyl (C=O) groups is 3. The van der Waals surface area contributed by atoms with Gasteiger partial charge in [-0.25, -0.2) is 0 Å². The Morgan fingerprint density at radius 1 is 1.25 bits per heavy atom. The highest BCUT2D eigenvalue weighted by molar-refractivity contribution is 6.01. The number of aliphatic hydroxyl groups excluding tert-OH is 1. The molecule has 0 aliphatic carbocycles. The van der Waals surface area contributed by atoms with Gasteiger partial charge in [0, 0.05) is 37.5 Å². The van der Waals surface area contributed by atoms with Gasteiger partial charge >= 0.3 is 0 Å². The summed E-state index contributed by atoms with van der Waals surface area (Å²) >= 11 is 0. The second-order valence-corrected chi connectivity index (χ2v) is 8.29. The first-order valence-corrected chi connectivity index (χ1v) is 10.7. The highest BCUT2D eigenvalue weighted by Crippen LogP contribution is 2.43. The first-order chi connectivity index (χ1) is 15.4. The molecule has 2 aromatic rings. The lowest BCUT2D eigenvalue weighted by molar-refractivity contribution is -0.137. The van der Waals surface area contributed by atoms with Crippen LogP contribution in [0.25, 0.3) is 11.3 Å². The Hall–Kier alpha value is -3.20. The van der Waals surface area contributed by atoms with E-state index in [1.165, 1.54) is 0 Å². The van der Waals surface area contributed by atoms with Gasteiger partial charge in [0.05, 0.1) is 12.6 Å². The molecule has 0 unspecified atom stereocenters. The van der Waals surface area contributed by atoms with Crippen molar-refractivity contribution in [2.24, 2.45) is 5.41 Å². The van der Waals surface area contributed by atoms with E-state index in [2.05, 4.69) is 5.16 Å². The number of carboxylic acid groups (broad SMARTS) is 1. The van der Waals surface area contributed by atoms with Crippen LogP contribution in [-0.2, 0) is 9.59 Å². The lowest BCUT2D eigenvalue weighted by Crippen LogP contribution is -2.64. The fourth-order valence-corrected chi connectivity index (χ4v) is 4.85. The zero-order valence-electron chi connectivity index (χ0n) is 18.4. The Labute approximate surface area is 186 Å². The molecule has 9 heteroatoms. The number of nitrogens with zero attached hydrogens (tertiary/aromatic N) is 3. The summed E-state index contributed by atoms with van der Waals surface area (Å²) in [6.07, 6.45) is 2.39.